The van der Waals surface area contributed by atoms with Crippen LogP contribution in [-0.2, 0) is 9.53 Å². The minimum absolute atomic E-state index is 0.0952. The molecule has 0 bridgehead atoms. The third kappa shape index (κ3) is 5.30. The first kappa shape index (κ1) is 17.4. The van der Waals surface area contributed by atoms with Crippen molar-refractivity contribution in [1.29, 1.82) is 0 Å². The number of carbonyl (C=O) groups is 2. The minimum Gasteiger partial charge on any atom is -0.449 e. The SMILES string of the molecule is C[C@@H](OC(=O)c1cc(F)cc(F)c1)C(=O)NC1CCCCCC1. The van der Waals surface area contributed by atoms with Gasteiger partial charge < -0.3 is 10.1 Å². The summed E-state index contributed by atoms with van der Waals surface area (Å²) in [5.74, 6) is -3.05. The number of amides is 1. The Hall–Kier alpha value is -1.98. The number of hydrogen-bond acceptors (Lipinski definition) is 3. The van der Waals surface area contributed by atoms with Crippen molar-refractivity contribution in [1.82, 2.24) is 5.32 Å². The lowest BCUT2D eigenvalue weighted by atomic mass is 10.1. The average Bonchev–Trinajstić information content (AvgIpc) is 2.74. The fraction of sp³-hybridized carbons (Fsp3) is 0.529. The summed E-state index contributed by atoms with van der Waals surface area (Å²) in [4.78, 5) is 24.0. The molecule has 0 saturated heterocycles. The highest BCUT2D eigenvalue weighted by atomic mass is 19.1. The topological polar surface area (TPSA) is 55.4 Å². The van der Waals surface area contributed by atoms with Crippen LogP contribution in [0.5, 0.6) is 0 Å². The third-order valence-corrected chi connectivity index (χ3v) is 3.95. The number of ether oxygens (including phenoxy) is 1. The van der Waals surface area contributed by atoms with Gasteiger partial charge in [0.25, 0.3) is 5.91 Å². The Kier molecular flexibility index (Phi) is 6.07. The van der Waals surface area contributed by atoms with E-state index in [2.05, 4.69) is 5.32 Å². The van der Waals surface area contributed by atoms with Gasteiger partial charge in [0.05, 0.1) is 5.56 Å². The van der Waals surface area contributed by atoms with Crippen LogP contribution in [0.3, 0.4) is 0 Å². The maximum atomic E-state index is 13.1. The third-order valence-electron chi connectivity index (χ3n) is 3.95. The van der Waals surface area contributed by atoms with Crippen LogP contribution in [0, 0.1) is 11.6 Å². The van der Waals surface area contributed by atoms with Crippen molar-refractivity contribution in [2.75, 3.05) is 0 Å². The number of benzene rings is 1. The van der Waals surface area contributed by atoms with Gasteiger partial charge in [-0.15, -0.1) is 0 Å². The zero-order valence-corrected chi connectivity index (χ0v) is 13.1. The molecular weight excluding hydrogens is 304 g/mol. The van der Waals surface area contributed by atoms with Crippen LogP contribution >= 0.6 is 0 Å². The van der Waals surface area contributed by atoms with Crippen LogP contribution in [0.25, 0.3) is 0 Å². The van der Waals surface area contributed by atoms with Crippen LogP contribution in [0.15, 0.2) is 18.2 Å². The van der Waals surface area contributed by atoms with Gasteiger partial charge in [0.1, 0.15) is 11.6 Å². The molecule has 0 radical (unpaired) electrons. The zero-order chi connectivity index (χ0) is 16.8. The first-order valence-corrected chi connectivity index (χ1v) is 7.93. The van der Waals surface area contributed by atoms with Gasteiger partial charge in [0, 0.05) is 12.1 Å². The molecule has 1 aliphatic rings. The molecule has 1 saturated carbocycles. The summed E-state index contributed by atoms with van der Waals surface area (Å²) in [6.07, 6.45) is 5.30. The second-order valence-corrected chi connectivity index (χ2v) is 5.90. The summed E-state index contributed by atoms with van der Waals surface area (Å²) in [7, 11) is 0. The van der Waals surface area contributed by atoms with Crippen molar-refractivity contribution in [2.45, 2.75) is 57.6 Å². The van der Waals surface area contributed by atoms with E-state index in [1.807, 2.05) is 0 Å². The highest BCUT2D eigenvalue weighted by Crippen LogP contribution is 2.17. The van der Waals surface area contributed by atoms with Crippen molar-refractivity contribution in [3.05, 3.63) is 35.4 Å². The maximum Gasteiger partial charge on any atom is 0.339 e. The molecule has 0 unspecified atom stereocenters. The van der Waals surface area contributed by atoms with Gasteiger partial charge in [0.15, 0.2) is 6.10 Å². The highest BCUT2D eigenvalue weighted by molar-refractivity contribution is 5.92. The van der Waals surface area contributed by atoms with Crippen molar-refractivity contribution < 1.29 is 23.1 Å². The smallest absolute Gasteiger partial charge is 0.339 e. The lowest BCUT2D eigenvalue weighted by molar-refractivity contribution is -0.129. The van der Waals surface area contributed by atoms with E-state index in [4.69, 9.17) is 4.74 Å². The number of carbonyl (C=O) groups excluding carboxylic acids is 2. The van der Waals surface area contributed by atoms with Crippen LogP contribution in [0.2, 0.25) is 0 Å². The Morgan fingerprint density at radius 2 is 1.65 bits per heavy atom. The molecule has 0 heterocycles. The molecule has 4 nitrogen and oxygen atoms in total. The normalized spacial score (nSPS) is 17.2. The average molecular weight is 325 g/mol. The lowest BCUT2D eigenvalue weighted by Crippen LogP contribution is -2.41. The molecule has 1 amide bonds. The van der Waals surface area contributed by atoms with Crippen molar-refractivity contribution in [2.24, 2.45) is 0 Å². The minimum atomic E-state index is -1.02. The van der Waals surface area contributed by atoms with Crippen LogP contribution in [0.1, 0.15) is 55.8 Å². The second kappa shape index (κ2) is 8.04. The van der Waals surface area contributed by atoms with E-state index in [1.54, 1.807) is 0 Å². The summed E-state index contributed by atoms with van der Waals surface area (Å²) >= 11 is 0. The summed E-state index contributed by atoms with van der Waals surface area (Å²) in [6, 6.07) is 2.51. The van der Waals surface area contributed by atoms with Gasteiger partial charge >= 0.3 is 5.97 Å². The van der Waals surface area contributed by atoms with Crippen molar-refractivity contribution >= 4 is 11.9 Å². The Balaban J connectivity index is 1.90. The maximum absolute atomic E-state index is 13.1. The molecule has 1 aromatic carbocycles. The molecule has 1 aromatic rings. The Morgan fingerprint density at radius 3 is 2.22 bits per heavy atom. The van der Waals surface area contributed by atoms with Crippen molar-refractivity contribution in [3.63, 3.8) is 0 Å². The van der Waals surface area contributed by atoms with E-state index in [-0.39, 0.29) is 17.5 Å². The van der Waals surface area contributed by atoms with Crippen molar-refractivity contribution in [3.8, 4) is 0 Å². The number of rotatable bonds is 4. The number of nitrogens with one attached hydrogen (secondary N) is 1. The van der Waals surface area contributed by atoms with E-state index in [9.17, 15) is 18.4 Å². The molecular formula is C17H21F2NO3. The Morgan fingerprint density at radius 1 is 1.09 bits per heavy atom. The Bertz CT molecular complexity index is 549. The molecule has 1 aliphatic carbocycles. The standard InChI is InChI=1S/C17H21F2NO3/c1-11(16(21)20-15-6-4-2-3-5-7-15)23-17(22)12-8-13(18)10-14(19)9-12/h8-11,15H,2-7H2,1H3,(H,20,21)/t11-/m1/s1. The molecule has 0 spiro atoms. The van der Waals surface area contributed by atoms with E-state index in [0.29, 0.717) is 6.07 Å². The zero-order valence-electron chi connectivity index (χ0n) is 13.1. The summed E-state index contributed by atoms with van der Waals surface area (Å²) < 4.78 is 31.2. The fourth-order valence-electron chi connectivity index (χ4n) is 2.70. The van der Waals surface area contributed by atoms with E-state index < -0.39 is 23.7 Å². The number of halogens is 2. The largest absolute Gasteiger partial charge is 0.449 e. The molecule has 6 heteroatoms. The molecule has 1 atom stereocenters. The van der Waals surface area contributed by atoms with E-state index in [0.717, 1.165) is 37.8 Å². The van der Waals surface area contributed by atoms with E-state index in [1.165, 1.54) is 19.8 Å². The molecule has 23 heavy (non-hydrogen) atoms. The van der Waals surface area contributed by atoms with Gasteiger partial charge in [-0.25, -0.2) is 13.6 Å². The molecule has 2 rings (SSSR count). The van der Waals surface area contributed by atoms with Crippen LogP contribution < -0.4 is 5.32 Å². The molecule has 0 aliphatic heterocycles. The Labute approximate surface area is 134 Å². The van der Waals surface area contributed by atoms with Gasteiger partial charge in [-0.3, -0.25) is 4.79 Å². The fourth-order valence-corrected chi connectivity index (χ4v) is 2.70. The first-order valence-electron chi connectivity index (χ1n) is 7.93. The molecule has 0 aromatic heterocycles. The van der Waals surface area contributed by atoms with Gasteiger partial charge in [0.2, 0.25) is 0 Å². The number of hydrogen-bond donors (Lipinski definition) is 1. The summed E-state index contributed by atoms with van der Waals surface area (Å²) in [5, 5.41) is 2.87. The monoisotopic (exact) mass is 325 g/mol. The predicted molar refractivity (Wildman–Crippen MR) is 80.9 cm³/mol. The first-order chi connectivity index (χ1) is 11.0. The molecule has 1 N–H and O–H groups in total. The van der Waals surface area contributed by atoms with Gasteiger partial charge in [-0.05, 0) is 31.9 Å². The summed E-state index contributed by atoms with van der Waals surface area (Å²) in [6.45, 7) is 1.44. The van der Waals surface area contributed by atoms with Gasteiger partial charge in [-0.2, -0.15) is 0 Å². The highest BCUT2D eigenvalue weighted by Gasteiger charge is 2.22. The van der Waals surface area contributed by atoms with Gasteiger partial charge in [-0.1, -0.05) is 25.7 Å². The molecule has 1 fully saturated rings. The van der Waals surface area contributed by atoms with E-state index >= 15 is 0 Å². The quantitative estimate of drug-likeness (QED) is 0.682. The lowest BCUT2D eigenvalue weighted by Gasteiger charge is -2.19. The molecule has 126 valence electrons. The van der Waals surface area contributed by atoms with Crippen LogP contribution in [0.4, 0.5) is 8.78 Å². The van der Waals surface area contributed by atoms with Crippen LogP contribution in [-0.4, -0.2) is 24.0 Å². The second-order valence-electron chi connectivity index (χ2n) is 5.90. The number of esters is 1. The summed E-state index contributed by atoms with van der Waals surface area (Å²) in [5.41, 5.74) is -0.253. The predicted octanol–water partition coefficient (Wildman–Crippen LogP) is 3.35.